The molecule has 2 rings (SSSR count). The van der Waals surface area contributed by atoms with Crippen LogP contribution in [-0.4, -0.2) is 41.2 Å². The summed E-state index contributed by atoms with van der Waals surface area (Å²) in [6, 6.07) is 7.80. The highest BCUT2D eigenvalue weighted by Gasteiger charge is 2.12. The quantitative estimate of drug-likeness (QED) is 0.593. The van der Waals surface area contributed by atoms with Gasteiger partial charge in [0.15, 0.2) is 0 Å². The van der Waals surface area contributed by atoms with Crippen molar-refractivity contribution in [2.45, 2.75) is 19.6 Å². The molecule has 1 atom stereocenters. The monoisotopic (exact) mass is 320 g/mol. The van der Waals surface area contributed by atoms with Crippen LogP contribution >= 0.6 is 0 Å². The van der Waals surface area contributed by atoms with E-state index >= 15 is 0 Å². The number of hydrogen-bond acceptors (Lipinski definition) is 6. The summed E-state index contributed by atoms with van der Waals surface area (Å²) in [6.45, 7) is 3.04. The molecule has 1 aromatic carbocycles. The number of benzene rings is 1. The summed E-state index contributed by atoms with van der Waals surface area (Å²) >= 11 is 0. The lowest BCUT2D eigenvalue weighted by Crippen LogP contribution is -2.32. The molecule has 0 aliphatic rings. The standard InChI is InChI=1S/C16H20N2O5/c1-12-13(6-7-22-12)9-17(2)10-15(19)11-23-16-5-3-4-14(8-16)18(20)21/h3-8,15,19H,9-11H2,1-2H3. The first-order valence-corrected chi connectivity index (χ1v) is 7.22. The number of likely N-dealkylation sites (N-methyl/N-ethyl adjacent to an activating group) is 1. The summed E-state index contributed by atoms with van der Waals surface area (Å²) in [4.78, 5) is 12.2. The topological polar surface area (TPSA) is 89.0 Å². The van der Waals surface area contributed by atoms with Gasteiger partial charge in [-0.3, -0.25) is 15.0 Å². The molecule has 0 spiro atoms. The highest BCUT2D eigenvalue weighted by molar-refractivity contribution is 5.37. The van der Waals surface area contributed by atoms with E-state index < -0.39 is 11.0 Å². The molecule has 0 bridgehead atoms. The van der Waals surface area contributed by atoms with E-state index in [0.717, 1.165) is 11.3 Å². The minimum atomic E-state index is -0.702. The van der Waals surface area contributed by atoms with Gasteiger partial charge in [-0.1, -0.05) is 6.07 Å². The minimum Gasteiger partial charge on any atom is -0.491 e. The number of hydrogen-bond donors (Lipinski definition) is 1. The summed E-state index contributed by atoms with van der Waals surface area (Å²) in [5.41, 5.74) is 1.03. The average molecular weight is 320 g/mol. The molecule has 0 amide bonds. The zero-order chi connectivity index (χ0) is 16.8. The van der Waals surface area contributed by atoms with E-state index in [0.29, 0.717) is 18.8 Å². The number of aryl methyl sites for hydroxylation is 1. The first-order valence-electron chi connectivity index (χ1n) is 7.22. The van der Waals surface area contributed by atoms with Gasteiger partial charge in [0.25, 0.3) is 5.69 Å². The Hall–Kier alpha value is -2.38. The maximum Gasteiger partial charge on any atom is 0.273 e. The molecule has 23 heavy (non-hydrogen) atoms. The van der Waals surface area contributed by atoms with E-state index in [2.05, 4.69) is 0 Å². The Balaban J connectivity index is 1.80. The number of nitro benzene ring substituents is 1. The second kappa shape index (κ2) is 7.75. The van der Waals surface area contributed by atoms with Crippen LogP contribution in [0, 0.1) is 17.0 Å². The largest absolute Gasteiger partial charge is 0.491 e. The van der Waals surface area contributed by atoms with Crippen LogP contribution < -0.4 is 4.74 Å². The van der Waals surface area contributed by atoms with E-state index in [1.54, 1.807) is 18.4 Å². The van der Waals surface area contributed by atoms with Gasteiger partial charge in [0.1, 0.15) is 24.2 Å². The zero-order valence-electron chi connectivity index (χ0n) is 13.1. The molecule has 0 aliphatic heterocycles. The van der Waals surface area contributed by atoms with Crippen molar-refractivity contribution in [1.82, 2.24) is 4.90 Å². The third kappa shape index (κ3) is 5.08. The Labute approximate surface area is 134 Å². The molecule has 1 N–H and O–H groups in total. The maximum absolute atomic E-state index is 10.7. The van der Waals surface area contributed by atoms with Crippen LogP contribution in [0.5, 0.6) is 5.75 Å². The van der Waals surface area contributed by atoms with E-state index in [4.69, 9.17) is 9.15 Å². The Bertz CT molecular complexity index is 655. The van der Waals surface area contributed by atoms with Gasteiger partial charge in [-0.15, -0.1) is 0 Å². The van der Waals surface area contributed by atoms with E-state index in [-0.39, 0.29) is 12.3 Å². The maximum atomic E-state index is 10.7. The van der Waals surface area contributed by atoms with Gasteiger partial charge in [-0.05, 0) is 26.1 Å². The third-order valence-corrected chi connectivity index (χ3v) is 3.40. The SMILES string of the molecule is Cc1occc1CN(C)CC(O)COc1cccc([N+](=O)[O-])c1. The summed E-state index contributed by atoms with van der Waals surface area (Å²) < 4.78 is 10.7. The molecule has 0 saturated carbocycles. The minimum absolute atomic E-state index is 0.0375. The van der Waals surface area contributed by atoms with E-state index in [1.807, 2.05) is 24.9 Å². The molecule has 124 valence electrons. The molecule has 1 unspecified atom stereocenters. The fourth-order valence-corrected chi connectivity index (χ4v) is 2.22. The Morgan fingerprint density at radius 2 is 2.22 bits per heavy atom. The summed E-state index contributed by atoms with van der Waals surface area (Å²) in [5.74, 6) is 1.23. The summed E-state index contributed by atoms with van der Waals surface area (Å²) in [7, 11) is 1.89. The Morgan fingerprint density at radius 1 is 1.43 bits per heavy atom. The second-order valence-corrected chi connectivity index (χ2v) is 5.42. The van der Waals surface area contributed by atoms with Crippen molar-refractivity contribution in [1.29, 1.82) is 0 Å². The zero-order valence-corrected chi connectivity index (χ0v) is 13.1. The number of furan rings is 1. The number of nitrogens with zero attached hydrogens (tertiary/aromatic N) is 2. The van der Waals surface area contributed by atoms with E-state index in [9.17, 15) is 15.2 Å². The lowest BCUT2D eigenvalue weighted by Gasteiger charge is -2.20. The van der Waals surface area contributed by atoms with Crippen molar-refractivity contribution in [3.63, 3.8) is 0 Å². The van der Waals surface area contributed by atoms with Crippen LogP contribution in [0.1, 0.15) is 11.3 Å². The third-order valence-electron chi connectivity index (χ3n) is 3.40. The Kier molecular flexibility index (Phi) is 5.72. The number of rotatable bonds is 8. The molecule has 7 heteroatoms. The van der Waals surface area contributed by atoms with Crippen LogP contribution in [0.2, 0.25) is 0 Å². The molecular formula is C16H20N2O5. The van der Waals surface area contributed by atoms with Gasteiger partial charge in [0.05, 0.1) is 17.3 Å². The number of aliphatic hydroxyl groups is 1. The van der Waals surface area contributed by atoms with Gasteiger partial charge in [-0.2, -0.15) is 0 Å². The number of ether oxygens (including phenoxy) is 1. The summed E-state index contributed by atoms with van der Waals surface area (Å²) in [5, 5.41) is 20.7. The lowest BCUT2D eigenvalue weighted by molar-refractivity contribution is -0.384. The molecule has 1 aromatic heterocycles. The van der Waals surface area contributed by atoms with Gasteiger partial charge in [0, 0.05) is 24.7 Å². The smallest absolute Gasteiger partial charge is 0.273 e. The predicted octanol–water partition coefficient (Wildman–Crippen LogP) is 2.37. The van der Waals surface area contributed by atoms with Crippen molar-refractivity contribution >= 4 is 5.69 Å². The Morgan fingerprint density at radius 3 is 2.87 bits per heavy atom. The molecular weight excluding hydrogens is 300 g/mol. The van der Waals surface area contributed by atoms with Crippen LogP contribution in [0.4, 0.5) is 5.69 Å². The fourth-order valence-electron chi connectivity index (χ4n) is 2.22. The molecule has 0 fully saturated rings. The molecule has 2 aromatic rings. The molecule has 1 heterocycles. The van der Waals surface area contributed by atoms with Gasteiger partial charge < -0.3 is 14.3 Å². The van der Waals surface area contributed by atoms with Crippen molar-refractivity contribution < 1.29 is 19.2 Å². The van der Waals surface area contributed by atoms with Crippen LogP contribution in [0.3, 0.4) is 0 Å². The molecule has 0 radical (unpaired) electrons. The van der Waals surface area contributed by atoms with Crippen molar-refractivity contribution in [2.75, 3.05) is 20.2 Å². The van der Waals surface area contributed by atoms with Crippen molar-refractivity contribution in [2.24, 2.45) is 0 Å². The first-order chi connectivity index (χ1) is 11.0. The molecule has 0 aliphatic carbocycles. The highest BCUT2D eigenvalue weighted by Crippen LogP contribution is 2.19. The normalized spacial score (nSPS) is 12.3. The highest BCUT2D eigenvalue weighted by atomic mass is 16.6. The van der Waals surface area contributed by atoms with Crippen molar-refractivity contribution in [3.8, 4) is 5.75 Å². The first kappa shape index (κ1) is 17.0. The predicted molar refractivity (Wildman–Crippen MR) is 84.4 cm³/mol. The molecule has 0 saturated heterocycles. The molecule has 7 nitrogen and oxygen atoms in total. The van der Waals surface area contributed by atoms with Gasteiger partial charge in [0.2, 0.25) is 0 Å². The number of aliphatic hydroxyl groups excluding tert-OH is 1. The lowest BCUT2D eigenvalue weighted by atomic mass is 10.2. The second-order valence-electron chi connectivity index (χ2n) is 5.42. The van der Waals surface area contributed by atoms with Crippen LogP contribution in [0.25, 0.3) is 0 Å². The van der Waals surface area contributed by atoms with Crippen molar-refractivity contribution in [3.05, 3.63) is 58.0 Å². The fraction of sp³-hybridized carbons (Fsp3) is 0.375. The van der Waals surface area contributed by atoms with E-state index in [1.165, 1.54) is 12.1 Å². The average Bonchev–Trinajstić information content (AvgIpc) is 2.90. The van der Waals surface area contributed by atoms with Crippen LogP contribution in [-0.2, 0) is 6.54 Å². The van der Waals surface area contributed by atoms with Crippen LogP contribution in [0.15, 0.2) is 41.0 Å². The number of non-ortho nitro benzene ring substituents is 1. The van der Waals surface area contributed by atoms with Gasteiger partial charge >= 0.3 is 0 Å². The number of nitro groups is 1. The van der Waals surface area contributed by atoms with Gasteiger partial charge in [-0.25, -0.2) is 0 Å². The summed E-state index contributed by atoms with van der Waals surface area (Å²) in [6.07, 6.45) is 0.937.